The van der Waals surface area contributed by atoms with Gasteiger partial charge in [0.05, 0.1) is 17.5 Å². The van der Waals surface area contributed by atoms with E-state index in [1.165, 1.54) is 0 Å². The predicted octanol–water partition coefficient (Wildman–Crippen LogP) is -1.17. The van der Waals surface area contributed by atoms with Crippen LogP contribution in [0.15, 0.2) is 0 Å². The first kappa shape index (κ1) is 8.86. The normalized spacial score (nSPS) is 35.0. The fraction of sp³-hybridized carbons (Fsp3) is 0.800. The summed E-state index contributed by atoms with van der Waals surface area (Å²) in [5.74, 6) is 0.0710. The van der Waals surface area contributed by atoms with Gasteiger partial charge in [-0.2, -0.15) is 12.6 Å². The van der Waals surface area contributed by atoms with Crippen molar-refractivity contribution in [3.8, 4) is 0 Å². The standard InChI is InChI=1S/C5H9NO3S2/c7-3-6-4-1-11(8,9)2-5(4)10/h3-5,10H,1-2H2,(H,6,7). The lowest BCUT2D eigenvalue weighted by Crippen LogP contribution is -2.35. The fourth-order valence-corrected chi connectivity index (χ4v) is 3.86. The molecule has 2 atom stereocenters. The highest BCUT2D eigenvalue weighted by Crippen LogP contribution is 2.16. The van der Waals surface area contributed by atoms with Crippen LogP contribution in [0.2, 0.25) is 0 Å². The summed E-state index contributed by atoms with van der Waals surface area (Å²) < 4.78 is 21.8. The predicted molar refractivity (Wildman–Crippen MR) is 44.4 cm³/mol. The van der Waals surface area contributed by atoms with Crippen molar-refractivity contribution in [3.63, 3.8) is 0 Å². The van der Waals surface area contributed by atoms with Crippen LogP contribution >= 0.6 is 12.6 Å². The number of amides is 1. The van der Waals surface area contributed by atoms with E-state index in [0.717, 1.165) is 0 Å². The molecular weight excluding hydrogens is 186 g/mol. The van der Waals surface area contributed by atoms with Gasteiger partial charge in [0.25, 0.3) is 0 Å². The molecule has 2 unspecified atom stereocenters. The molecule has 1 heterocycles. The third-order valence-corrected chi connectivity index (χ3v) is 4.13. The fourth-order valence-electron chi connectivity index (χ4n) is 1.08. The zero-order valence-corrected chi connectivity index (χ0v) is 7.44. The number of thiol groups is 1. The van der Waals surface area contributed by atoms with Gasteiger partial charge in [0.15, 0.2) is 9.84 Å². The van der Waals surface area contributed by atoms with E-state index in [2.05, 4.69) is 17.9 Å². The Morgan fingerprint density at radius 3 is 2.45 bits per heavy atom. The second-order valence-corrected chi connectivity index (χ2v) is 5.35. The second-order valence-electron chi connectivity index (χ2n) is 2.54. The maximum absolute atomic E-state index is 10.9. The van der Waals surface area contributed by atoms with Crippen molar-refractivity contribution >= 4 is 28.9 Å². The van der Waals surface area contributed by atoms with Crippen LogP contribution in [-0.2, 0) is 14.6 Å². The van der Waals surface area contributed by atoms with Crippen molar-refractivity contribution in [1.29, 1.82) is 0 Å². The van der Waals surface area contributed by atoms with Gasteiger partial charge in [0, 0.05) is 5.25 Å². The summed E-state index contributed by atoms with van der Waals surface area (Å²) in [7, 11) is -2.96. The second kappa shape index (κ2) is 3.02. The summed E-state index contributed by atoms with van der Waals surface area (Å²) in [6.45, 7) is 0. The van der Waals surface area contributed by atoms with Crippen molar-refractivity contribution < 1.29 is 13.2 Å². The van der Waals surface area contributed by atoms with Gasteiger partial charge in [-0.3, -0.25) is 4.79 Å². The Bertz CT molecular complexity index is 248. The molecule has 0 radical (unpaired) electrons. The summed E-state index contributed by atoms with van der Waals surface area (Å²) in [6.07, 6.45) is 0.509. The zero-order valence-electron chi connectivity index (χ0n) is 5.73. The minimum atomic E-state index is -2.96. The molecule has 1 fully saturated rings. The quantitative estimate of drug-likeness (QED) is 0.431. The van der Waals surface area contributed by atoms with E-state index in [-0.39, 0.29) is 22.8 Å². The number of hydrogen-bond acceptors (Lipinski definition) is 4. The van der Waals surface area contributed by atoms with Crippen LogP contribution < -0.4 is 5.32 Å². The molecule has 0 aromatic carbocycles. The molecule has 0 aromatic rings. The van der Waals surface area contributed by atoms with E-state index >= 15 is 0 Å². The van der Waals surface area contributed by atoms with Gasteiger partial charge in [-0.15, -0.1) is 0 Å². The molecule has 0 aliphatic carbocycles. The Morgan fingerprint density at radius 2 is 2.09 bits per heavy atom. The molecule has 0 saturated carbocycles. The van der Waals surface area contributed by atoms with E-state index in [1.54, 1.807) is 0 Å². The van der Waals surface area contributed by atoms with E-state index < -0.39 is 9.84 Å². The molecule has 11 heavy (non-hydrogen) atoms. The van der Waals surface area contributed by atoms with Gasteiger partial charge >= 0.3 is 0 Å². The molecule has 1 aliphatic rings. The van der Waals surface area contributed by atoms with Gasteiger partial charge in [-0.05, 0) is 0 Å². The van der Waals surface area contributed by atoms with Gasteiger partial charge < -0.3 is 5.32 Å². The summed E-state index contributed by atoms with van der Waals surface area (Å²) in [5, 5.41) is 2.15. The van der Waals surface area contributed by atoms with Crippen molar-refractivity contribution in [2.45, 2.75) is 11.3 Å². The SMILES string of the molecule is O=CNC1CS(=O)(=O)CC1S. The monoisotopic (exact) mass is 195 g/mol. The van der Waals surface area contributed by atoms with Crippen LogP contribution in [0.3, 0.4) is 0 Å². The van der Waals surface area contributed by atoms with Gasteiger partial charge in [-0.1, -0.05) is 0 Å². The Hall–Kier alpha value is -0.230. The van der Waals surface area contributed by atoms with E-state index in [0.29, 0.717) is 6.41 Å². The van der Waals surface area contributed by atoms with Crippen LogP contribution in [-0.4, -0.2) is 37.6 Å². The lowest BCUT2D eigenvalue weighted by atomic mass is 10.3. The Kier molecular flexibility index (Phi) is 2.43. The van der Waals surface area contributed by atoms with Crippen LogP contribution in [0, 0.1) is 0 Å². The molecule has 0 bridgehead atoms. The number of sulfone groups is 1. The molecule has 1 amide bonds. The Morgan fingerprint density at radius 1 is 1.45 bits per heavy atom. The zero-order chi connectivity index (χ0) is 8.48. The topological polar surface area (TPSA) is 63.2 Å². The minimum Gasteiger partial charge on any atom is -0.354 e. The summed E-state index contributed by atoms with van der Waals surface area (Å²) in [6, 6.07) is -0.319. The van der Waals surface area contributed by atoms with Crippen LogP contribution in [0.1, 0.15) is 0 Å². The maximum Gasteiger partial charge on any atom is 0.207 e. The summed E-state index contributed by atoms with van der Waals surface area (Å²) in [4.78, 5) is 9.98. The maximum atomic E-state index is 10.9. The highest BCUT2D eigenvalue weighted by molar-refractivity contribution is 7.93. The smallest absolute Gasteiger partial charge is 0.207 e. The number of carbonyl (C=O) groups is 1. The van der Waals surface area contributed by atoms with Gasteiger partial charge in [0.2, 0.25) is 6.41 Å². The third kappa shape index (κ3) is 2.10. The Labute approximate surface area is 70.7 Å². The average Bonchev–Trinajstić information content (AvgIpc) is 2.07. The van der Waals surface area contributed by atoms with Crippen molar-refractivity contribution in [1.82, 2.24) is 5.32 Å². The molecule has 1 aliphatic heterocycles. The molecule has 1 saturated heterocycles. The van der Waals surface area contributed by atoms with Crippen molar-refractivity contribution in [2.24, 2.45) is 0 Å². The van der Waals surface area contributed by atoms with Crippen molar-refractivity contribution in [3.05, 3.63) is 0 Å². The highest BCUT2D eigenvalue weighted by Gasteiger charge is 2.34. The Balaban J connectivity index is 2.66. The molecule has 64 valence electrons. The lowest BCUT2D eigenvalue weighted by Gasteiger charge is -2.09. The number of rotatable bonds is 2. The number of hydrogen-bond donors (Lipinski definition) is 2. The van der Waals surface area contributed by atoms with Gasteiger partial charge in [-0.25, -0.2) is 8.42 Å². The van der Waals surface area contributed by atoms with Crippen molar-refractivity contribution in [2.75, 3.05) is 11.5 Å². The number of carbonyl (C=O) groups excluding carboxylic acids is 1. The highest BCUT2D eigenvalue weighted by atomic mass is 32.2. The molecule has 1 N–H and O–H groups in total. The van der Waals surface area contributed by atoms with Gasteiger partial charge in [0.1, 0.15) is 0 Å². The van der Waals surface area contributed by atoms with Crippen LogP contribution in [0.4, 0.5) is 0 Å². The first-order valence-corrected chi connectivity index (χ1v) is 5.47. The van der Waals surface area contributed by atoms with E-state index in [1.807, 2.05) is 0 Å². The molecule has 6 heteroatoms. The minimum absolute atomic E-state index is 0.0138. The summed E-state index contributed by atoms with van der Waals surface area (Å²) >= 11 is 4.03. The lowest BCUT2D eigenvalue weighted by molar-refractivity contribution is -0.110. The molecular formula is C5H9NO3S2. The molecule has 0 aromatic heterocycles. The summed E-state index contributed by atoms with van der Waals surface area (Å²) in [5.41, 5.74) is 0. The van der Waals surface area contributed by atoms with E-state index in [4.69, 9.17) is 0 Å². The van der Waals surface area contributed by atoms with Crippen LogP contribution in [0.25, 0.3) is 0 Å². The molecule has 1 rings (SSSR count). The van der Waals surface area contributed by atoms with Crippen LogP contribution in [0.5, 0.6) is 0 Å². The first-order chi connectivity index (χ1) is 5.05. The average molecular weight is 195 g/mol. The largest absolute Gasteiger partial charge is 0.354 e. The number of nitrogens with one attached hydrogen (secondary N) is 1. The molecule has 4 nitrogen and oxygen atoms in total. The van der Waals surface area contributed by atoms with E-state index in [9.17, 15) is 13.2 Å². The molecule has 0 spiro atoms. The third-order valence-electron chi connectivity index (χ3n) is 1.60. The first-order valence-electron chi connectivity index (χ1n) is 3.13.